The number of hydrogen-bond acceptors (Lipinski definition) is 4. The first-order valence-electron chi connectivity index (χ1n) is 8.48. The lowest BCUT2D eigenvalue weighted by molar-refractivity contribution is -0.119. The predicted molar refractivity (Wildman–Crippen MR) is 99.6 cm³/mol. The lowest BCUT2D eigenvalue weighted by Gasteiger charge is -2.23. The standard InChI is InChI=1S/C20H21N3O3/c1-26-14-16-8-6-5-7-15(16)13-21-20(25)18-11-12-19(24)23(22-18)17-9-3-2-4-10-17/h2-10H,11-14H2,1H3,(H,21,25). The molecule has 1 aliphatic heterocycles. The van der Waals surface area contributed by atoms with Gasteiger partial charge in [0.15, 0.2) is 0 Å². The van der Waals surface area contributed by atoms with E-state index in [1.807, 2.05) is 42.5 Å². The van der Waals surface area contributed by atoms with Gasteiger partial charge in [0, 0.05) is 26.5 Å². The summed E-state index contributed by atoms with van der Waals surface area (Å²) in [6, 6.07) is 16.9. The quantitative estimate of drug-likeness (QED) is 0.870. The number of nitrogens with one attached hydrogen (secondary N) is 1. The highest BCUT2D eigenvalue weighted by Gasteiger charge is 2.25. The summed E-state index contributed by atoms with van der Waals surface area (Å²) < 4.78 is 5.19. The van der Waals surface area contributed by atoms with Crippen molar-refractivity contribution in [2.45, 2.75) is 26.0 Å². The summed E-state index contributed by atoms with van der Waals surface area (Å²) in [6.45, 7) is 0.875. The Morgan fingerprint density at radius 3 is 2.50 bits per heavy atom. The van der Waals surface area contributed by atoms with Gasteiger partial charge in [-0.1, -0.05) is 42.5 Å². The molecule has 134 valence electrons. The Hall–Kier alpha value is -2.99. The maximum absolute atomic E-state index is 12.5. The van der Waals surface area contributed by atoms with Crippen LogP contribution in [0.15, 0.2) is 59.7 Å². The van der Waals surface area contributed by atoms with E-state index in [1.54, 1.807) is 19.2 Å². The lowest BCUT2D eigenvalue weighted by Crippen LogP contribution is -2.39. The van der Waals surface area contributed by atoms with Crippen molar-refractivity contribution in [1.82, 2.24) is 5.32 Å². The largest absolute Gasteiger partial charge is 0.380 e. The molecular formula is C20H21N3O3. The topological polar surface area (TPSA) is 71.0 Å². The van der Waals surface area contributed by atoms with Crippen molar-refractivity contribution in [3.63, 3.8) is 0 Å². The number of carbonyl (C=O) groups is 2. The first-order valence-corrected chi connectivity index (χ1v) is 8.48. The number of amides is 2. The van der Waals surface area contributed by atoms with E-state index in [9.17, 15) is 9.59 Å². The number of ether oxygens (including phenoxy) is 1. The summed E-state index contributed by atoms with van der Waals surface area (Å²) >= 11 is 0. The van der Waals surface area contributed by atoms with Gasteiger partial charge in [-0.05, 0) is 23.3 Å². The molecule has 0 saturated carbocycles. The van der Waals surface area contributed by atoms with Crippen LogP contribution < -0.4 is 10.3 Å². The molecule has 1 aliphatic rings. The van der Waals surface area contributed by atoms with Crippen LogP contribution in [0, 0.1) is 0 Å². The Labute approximate surface area is 152 Å². The highest BCUT2D eigenvalue weighted by molar-refractivity contribution is 6.40. The van der Waals surface area contributed by atoms with Crippen LogP contribution in [0.2, 0.25) is 0 Å². The van der Waals surface area contributed by atoms with Crippen molar-refractivity contribution >= 4 is 23.2 Å². The van der Waals surface area contributed by atoms with Gasteiger partial charge in [0.2, 0.25) is 5.91 Å². The first-order chi connectivity index (χ1) is 12.7. The van der Waals surface area contributed by atoms with Gasteiger partial charge in [-0.3, -0.25) is 9.59 Å². The molecule has 0 radical (unpaired) electrons. The number of rotatable bonds is 6. The minimum absolute atomic E-state index is 0.113. The molecule has 6 heteroatoms. The van der Waals surface area contributed by atoms with Crippen molar-refractivity contribution in [1.29, 1.82) is 0 Å². The van der Waals surface area contributed by atoms with Gasteiger partial charge in [-0.15, -0.1) is 0 Å². The Morgan fingerprint density at radius 2 is 1.77 bits per heavy atom. The summed E-state index contributed by atoms with van der Waals surface area (Å²) in [7, 11) is 1.64. The average Bonchev–Trinajstić information content (AvgIpc) is 2.68. The predicted octanol–water partition coefficient (Wildman–Crippen LogP) is 2.63. The molecule has 0 aliphatic carbocycles. The molecule has 0 atom stereocenters. The Balaban J connectivity index is 1.71. The van der Waals surface area contributed by atoms with Crippen molar-refractivity contribution in [3.8, 4) is 0 Å². The van der Waals surface area contributed by atoms with Crippen molar-refractivity contribution in [3.05, 3.63) is 65.7 Å². The molecule has 0 spiro atoms. The number of benzene rings is 2. The minimum atomic E-state index is -0.259. The number of hydrazone groups is 1. The zero-order valence-corrected chi connectivity index (χ0v) is 14.6. The van der Waals surface area contributed by atoms with Crippen LogP contribution in [0.25, 0.3) is 0 Å². The zero-order valence-electron chi connectivity index (χ0n) is 14.6. The molecule has 2 amide bonds. The second-order valence-corrected chi connectivity index (χ2v) is 5.97. The summed E-state index contributed by atoms with van der Waals surface area (Å²) in [4.78, 5) is 24.6. The Bertz CT molecular complexity index is 818. The normalized spacial score (nSPS) is 14.1. The molecule has 1 heterocycles. The molecule has 0 saturated heterocycles. The minimum Gasteiger partial charge on any atom is -0.380 e. The highest BCUT2D eigenvalue weighted by atomic mass is 16.5. The van der Waals surface area contributed by atoms with E-state index in [1.165, 1.54) is 5.01 Å². The molecule has 26 heavy (non-hydrogen) atoms. The second kappa shape index (κ2) is 8.40. The Kier molecular flexibility index (Phi) is 5.76. The van der Waals surface area contributed by atoms with E-state index >= 15 is 0 Å². The molecule has 2 aromatic carbocycles. The lowest BCUT2D eigenvalue weighted by atomic mass is 10.1. The Morgan fingerprint density at radius 1 is 1.08 bits per heavy atom. The van der Waals surface area contributed by atoms with Crippen LogP contribution >= 0.6 is 0 Å². The second-order valence-electron chi connectivity index (χ2n) is 5.97. The van der Waals surface area contributed by atoms with Gasteiger partial charge in [-0.25, -0.2) is 5.01 Å². The van der Waals surface area contributed by atoms with Crippen molar-refractivity contribution in [2.24, 2.45) is 5.10 Å². The zero-order chi connectivity index (χ0) is 18.4. The summed E-state index contributed by atoms with van der Waals surface area (Å²) in [5.41, 5.74) is 3.04. The van der Waals surface area contributed by atoms with E-state index < -0.39 is 0 Å². The van der Waals surface area contributed by atoms with Crippen LogP contribution in [0.3, 0.4) is 0 Å². The third-order valence-corrected chi connectivity index (χ3v) is 4.15. The van der Waals surface area contributed by atoms with E-state index in [0.29, 0.717) is 31.0 Å². The average molecular weight is 351 g/mol. The molecule has 0 unspecified atom stereocenters. The number of para-hydroxylation sites is 1. The fourth-order valence-corrected chi connectivity index (χ4v) is 2.79. The SMILES string of the molecule is COCc1ccccc1CNC(=O)C1=NN(c2ccccc2)C(=O)CC1. The molecule has 6 nitrogen and oxygen atoms in total. The van der Waals surface area contributed by atoms with Crippen molar-refractivity contribution in [2.75, 3.05) is 12.1 Å². The van der Waals surface area contributed by atoms with Crippen molar-refractivity contribution < 1.29 is 14.3 Å². The number of hydrogen-bond donors (Lipinski definition) is 1. The first kappa shape index (κ1) is 17.8. The van der Waals surface area contributed by atoms with Crippen LogP contribution in [0.5, 0.6) is 0 Å². The molecule has 0 fully saturated rings. The van der Waals surface area contributed by atoms with Crippen LogP contribution in [0.4, 0.5) is 5.69 Å². The smallest absolute Gasteiger partial charge is 0.267 e. The molecule has 0 aromatic heterocycles. The van der Waals surface area contributed by atoms with Gasteiger partial charge >= 0.3 is 0 Å². The summed E-state index contributed by atoms with van der Waals surface area (Å²) in [5, 5.41) is 8.46. The van der Waals surface area contributed by atoms with E-state index in [0.717, 1.165) is 11.1 Å². The number of carbonyl (C=O) groups excluding carboxylic acids is 2. The summed E-state index contributed by atoms with van der Waals surface area (Å²) in [5.74, 6) is -0.371. The monoisotopic (exact) mass is 351 g/mol. The maximum atomic E-state index is 12.5. The molecule has 1 N–H and O–H groups in total. The number of nitrogens with zero attached hydrogens (tertiary/aromatic N) is 2. The van der Waals surface area contributed by atoms with E-state index in [-0.39, 0.29) is 18.2 Å². The van der Waals surface area contributed by atoms with Crippen LogP contribution in [-0.2, 0) is 27.5 Å². The highest BCUT2D eigenvalue weighted by Crippen LogP contribution is 2.19. The third-order valence-electron chi connectivity index (χ3n) is 4.15. The maximum Gasteiger partial charge on any atom is 0.267 e. The third kappa shape index (κ3) is 4.15. The van der Waals surface area contributed by atoms with Gasteiger partial charge in [-0.2, -0.15) is 5.10 Å². The summed E-state index contributed by atoms with van der Waals surface area (Å²) in [6.07, 6.45) is 0.606. The number of anilines is 1. The molecular weight excluding hydrogens is 330 g/mol. The van der Waals surface area contributed by atoms with E-state index in [2.05, 4.69) is 10.4 Å². The fourth-order valence-electron chi connectivity index (χ4n) is 2.79. The van der Waals surface area contributed by atoms with Gasteiger partial charge in [0.05, 0.1) is 12.3 Å². The molecule has 2 aromatic rings. The van der Waals surface area contributed by atoms with Gasteiger partial charge in [0.25, 0.3) is 5.91 Å². The molecule has 3 rings (SSSR count). The van der Waals surface area contributed by atoms with Gasteiger partial charge < -0.3 is 10.1 Å². The van der Waals surface area contributed by atoms with Crippen LogP contribution in [-0.4, -0.2) is 24.6 Å². The van der Waals surface area contributed by atoms with Crippen LogP contribution in [0.1, 0.15) is 24.0 Å². The molecule has 0 bridgehead atoms. The van der Waals surface area contributed by atoms with Gasteiger partial charge in [0.1, 0.15) is 5.71 Å². The van der Waals surface area contributed by atoms with E-state index in [4.69, 9.17) is 4.74 Å². The fraction of sp³-hybridized carbons (Fsp3) is 0.250. The number of methoxy groups -OCH3 is 1.